The number of nitrogens with zero attached hydrogens (tertiary/aromatic N) is 4. The lowest BCUT2D eigenvalue weighted by atomic mass is 10.1. The monoisotopic (exact) mass is 393 g/mol. The number of rotatable bonds is 5. The van der Waals surface area contributed by atoms with Crippen molar-refractivity contribution in [3.8, 4) is 11.3 Å². The van der Waals surface area contributed by atoms with Crippen molar-refractivity contribution in [2.24, 2.45) is 0 Å². The van der Waals surface area contributed by atoms with Crippen molar-refractivity contribution in [2.45, 2.75) is 31.1 Å². The van der Waals surface area contributed by atoms with Crippen LogP contribution in [0.2, 0.25) is 0 Å². The predicted octanol–water partition coefficient (Wildman–Crippen LogP) is 2.36. The van der Waals surface area contributed by atoms with Crippen LogP contribution in [-0.4, -0.2) is 31.2 Å². The number of hydrogen-bond donors (Lipinski definition) is 1. The molecule has 28 heavy (non-hydrogen) atoms. The maximum atomic E-state index is 12.4. The first kappa shape index (κ1) is 18.4. The van der Waals surface area contributed by atoms with Crippen LogP contribution in [0.5, 0.6) is 0 Å². The van der Waals surface area contributed by atoms with Crippen molar-refractivity contribution in [3.63, 3.8) is 0 Å². The van der Waals surface area contributed by atoms with Gasteiger partial charge >= 0.3 is 0 Å². The lowest BCUT2D eigenvalue weighted by Crippen LogP contribution is -2.30. The molecule has 0 saturated carbocycles. The first-order valence-corrected chi connectivity index (χ1v) is 9.95. The van der Waals surface area contributed by atoms with E-state index in [1.807, 2.05) is 36.4 Å². The van der Waals surface area contributed by atoms with E-state index >= 15 is 0 Å². The molecule has 142 valence electrons. The largest absolute Gasteiger partial charge is 0.350 e. The van der Waals surface area contributed by atoms with Gasteiger partial charge in [0.05, 0.1) is 24.0 Å². The summed E-state index contributed by atoms with van der Waals surface area (Å²) in [5.41, 5.74) is 3.14. The Hall–Kier alpha value is -3.00. The molecule has 0 bridgehead atoms. The molecule has 1 atom stereocenters. The average molecular weight is 393 g/mol. The van der Waals surface area contributed by atoms with Crippen molar-refractivity contribution < 1.29 is 4.79 Å². The fraction of sp³-hybridized carbons (Fsp3) is 0.250. The molecule has 2 aromatic heterocycles. The minimum absolute atomic E-state index is 0.103. The normalized spacial score (nSPS) is 15.2. The highest BCUT2D eigenvalue weighted by atomic mass is 32.2. The van der Waals surface area contributed by atoms with E-state index < -0.39 is 0 Å². The third kappa shape index (κ3) is 3.96. The van der Waals surface area contributed by atoms with E-state index in [0.29, 0.717) is 23.1 Å². The van der Waals surface area contributed by atoms with Gasteiger partial charge in [-0.3, -0.25) is 14.2 Å². The molecule has 3 heterocycles. The molecule has 1 aliphatic heterocycles. The summed E-state index contributed by atoms with van der Waals surface area (Å²) in [6, 6.07) is 13.0. The van der Waals surface area contributed by atoms with Gasteiger partial charge in [0.15, 0.2) is 5.16 Å². The summed E-state index contributed by atoms with van der Waals surface area (Å²) in [7, 11) is 0. The van der Waals surface area contributed by atoms with Crippen molar-refractivity contribution in [1.29, 1.82) is 0 Å². The highest BCUT2D eigenvalue weighted by Crippen LogP contribution is 2.31. The van der Waals surface area contributed by atoms with E-state index in [1.165, 1.54) is 24.2 Å². The maximum Gasteiger partial charge on any atom is 0.254 e. The zero-order valence-electron chi connectivity index (χ0n) is 15.3. The van der Waals surface area contributed by atoms with E-state index in [2.05, 4.69) is 20.3 Å². The van der Waals surface area contributed by atoms with Gasteiger partial charge in [-0.25, -0.2) is 15.0 Å². The summed E-state index contributed by atoms with van der Waals surface area (Å²) in [5, 5.41) is 3.58. The Kier molecular flexibility index (Phi) is 5.21. The Balaban J connectivity index is 1.40. The van der Waals surface area contributed by atoms with Crippen molar-refractivity contribution in [3.05, 3.63) is 70.5 Å². The Labute approximate surface area is 166 Å². The zero-order chi connectivity index (χ0) is 19.5. The van der Waals surface area contributed by atoms with Crippen LogP contribution < -0.4 is 10.9 Å². The van der Waals surface area contributed by atoms with Crippen molar-refractivity contribution in [2.75, 3.05) is 5.75 Å². The smallest absolute Gasteiger partial charge is 0.254 e. The fourth-order valence-corrected chi connectivity index (χ4v) is 4.34. The van der Waals surface area contributed by atoms with Gasteiger partial charge < -0.3 is 5.32 Å². The summed E-state index contributed by atoms with van der Waals surface area (Å²) < 4.78 is 1.62. The van der Waals surface area contributed by atoms with Gasteiger partial charge in [-0.1, -0.05) is 42.1 Å². The first-order chi connectivity index (χ1) is 13.6. The standard InChI is InChI=1S/C20H19N5O2S/c1-13-7-19(27)25-16(11-28-20(25)24-13)9-18(26)21-10-15-8-17(23-12-22-15)14-5-3-2-4-6-14/h2-8,12,16H,9-11H2,1H3,(H,21,26). The summed E-state index contributed by atoms with van der Waals surface area (Å²) in [5.74, 6) is 0.552. The van der Waals surface area contributed by atoms with Gasteiger partial charge in [-0.05, 0) is 13.0 Å². The van der Waals surface area contributed by atoms with Crippen LogP contribution in [0.3, 0.4) is 0 Å². The Bertz CT molecular complexity index is 1070. The summed E-state index contributed by atoms with van der Waals surface area (Å²) in [6.45, 7) is 2.11. The SMILES string of the molecule is Cc1cc(=O)n2c(n1)SCC2CC(=O)NCc1cc(-c2ccccc2)ncn1. The molecule has 0 radical (unpaired) electrons. The molecule has 0 saturated heterocycles. The molecule has 0 aliphatic carbocycles. The number of thioether (sulfide) groups is 1. The van der Waals surface area contributed by atoms with Crippen LogP contribution in [0.4, 0.5) is 0 Å². The number of aromatic nitrogens is 4. The van der Waals surface area contributed by atoms with Crippen LogP contribution in [-0.2, 0) is 11.3 Å². The van der Waals surface area contributed by atoms with Gasteiger partial charge in [-0.15, -0.1) is 0 Å². The Morgan fingerprint density at radius 1 is 1.25 bits per heavy atom. The minimum atomic E-state index is -0.175. The van der Waals surface area contributed by atoms with Crippen LogP contribution in [0, 0.1) is 6.92 Å². The van der Waals surface area contributed by atoms with Gasteiger partial charge in [0.2, 0.25) is 5.91 Å². The van der Waals surface area contributed by atoms with E-state index in [0.717, 1.165) is 17.0 Å². The molecule has 3 aromatic rings. The number of aryl methyl sites for hydroxylation is 1. The minimum Gasteiger partial charge on any atom is -0.350 e. The van der Waals surface area contributed by atoms with Crippen molar-refractivity contribution in [1.82, 2.24) is 24.8 Å². The summed E-state index contributed by atoms with van der Waals surface area (Å²) in [6.07, 6.45) is 1.74. The van der Waals surface area contributed by atoms with E-state index in [1.54, 1.807) is 11.5 Å². The quantitative estimate of drug-likeness (QED) is 0.670. The van der Waals surface area contributed by atoms with Gasteiger partial charge in [-0.2, -0.15) is 0 Å². The summed E-state index contributed by atoms with van der Waals surface area (Å²) in [4.78, 5) is 37.6. The number of carbonyl (C=O) groups is 1. The van der Waals surface area contributed by atoms with Gasteiger partial charge in [0.1, 0.15) is 6.33 Å². The summed E-state index contributed by atoms with van der Waals surface area (Å²) >= 11 is 1.51. The Morgan fingerprint density at radius 3 is 2.89 bits per heavy atom. The molecule has 4 rings (SSSR count). The zero-order valence-corrected chi connectivity index (χ0v) is 16.1. The number of benzene rings is 1. The van der Waals surface area contributed by atoms with Gasteiger partial charge in [0, 0.05) is 29.5 Å². The van der Waals surface area contributed by atoms with Crippen molar-refractivity contribution >= 4 is 17.7 Å². The number of fused-ring (bicyclic) bond motifs is 1. The fourth-order valence-electron chi connectivity index (χ4n) is 3.15. The van der Waals surface area contributed by atoms with Crippen LogP contribution in [0.1, 0.15) is 23.9 Å². The second-order valence-corrected chi connectivity index (χ2v) is 7.58. The molecule has 0 fully saturated rings. The van der Waals surface area contributed by atoms with Crippen LogP contribution in [0.25, 0.3) is 11.3 Å². The average Bonchev–Trinajstić information content (AvgIpc) is 3.10. The lowest BCUT2D eigenvalue weighted by molar-refractivity contribution is -0.121. The first-order valence-electron chi connectivity index (χ1n) is 8.96. The van der Waals surface area contributed by atoms with Crippen LogP contribution >= 0.6 is 11.8 Å². The highest BCUT2D eigenvalue weighted by Gasteiger charge is 2.27. The molecule has 1 amide bonds. The third-order valence-corrected chi connectivity index (χ3v) is 5.60. The highest BCUT2D eigenvalue weighted by molar-refractivity contribution is 7.99. The molecular formula is C20H19N5O2S. The molecule has 1 N–H and O–H groups in total. The Morgan fingerprint density at radius 2 is 2.07 bits per heavy atom. The second kappa shape index (κ2) is 7.93. The van der Waals surface area contributed by atoms with Crippen LogP contribution in [0.15, 0.2) is 58.7 Å². The molecule has 7 nitrogen and oxygen atoms in total. The molecule has 0 spiro atoms. The topological polar surface area (TPSA) is 89.8 Å². The molecule has 1 aliphatic rings. The van der Waals surface area contributed by atoms with E-state index in [9.17, 15) is 9.59 Å². The number of amides is 1. The second-order valence-electron chi connectivity index (χ2n) is 6.59. The molecule has 1 aromatic carbocycles. The van der Waals surface area contributed by atoms with E-state index in [-0.39, 0.29) is 23.9 Å². The molecule has 1 unspecified atom stereocenters. The number of hydrogen-bond acceptors (Lipinski definition) is 6. The third-order valence-electron chi connectivity index (χ3n) is 4.50. The lowest BCUT2D eigenvalue weighted by Gasteiger charge is -2.13. The molecule has 8 heteroatoms. The predicted molar refractivity (Wildman–Crippen MR) is 107 cm³/mol. The maximum absolute atomic E-state index is 12.4. The number of nitrogens with one attached hydrogen (secondary N) is 1. The van der Waals surface area contributed by atoms with E-state index in [4.69, 9.17) is 0 Å². The number of carbonyl (C=O) groups excluding carboxylic acids is 1. The van der Waals surface area contributed by atoms with Gasteiger partial charge in [0.25, 0.3) is 5.56 Å². The molecular weight excluding hydrogens is 374 g/mol.